The van der Waals surface area contributed by atoms with E-state index in [0.29, 0.717) is 10.8 Å². The molecule has 0 unspecified atom stereocenters. The topological polar surface area (TPSA) is 69.5 Å². The lowest BCUT2D eigenvalue weighted by atomic mass is 10.3. The number of quaternary nitrogens is 1. The number of pyridine rings is 1. The number of hydrogen-bond donors (Lipinski definition) is 2. The smallest absolute Gasteiger partial charge is 0.144 e. The van der Waals surface area contributed by atoms with Crippen LogP contribution in [0.25, 0.3) is 0 Å². The lowest BCUT2D eigenvalue weighted by molar-refractivity contribution is -0.858. The molecule has 0 aliphatic carbocycles. The van der Waals surface area contributed by atoms with Crippen LogP contribution in [-0.4, -0.2) is 38.1 Å². The third-order valence-corrected chi connectivity index (χ3v) is 2.51. The summed E-state index contributed by atoms with van der Waals surface area (Å²) in [4.78, 5) is 15.9. The van der Waals surface area contributed by atoms with Crippen LogP contribution in [0.5, 0.6) is 0 Å². The van der Waals surface area contributed by atoms with Crippen LogP contribution in [0, 0.1) is 0 Å². The van der Waals surface area contributed by atoms with Gasteiger partial charge in [0, 0.05) is 24.7 Å². The molecule has 5 nitrogen and oxygen atoms in total. The summed E-state index contributed by atoms with van der Waals surface area (Å²) in [6.45, 7) is 1.80. The van der Waals surface area contributed by atoms with Crippen molar-refractivity contribution in [3.8, 4) is 0 Å². The van der Waals surface area contributed by atoms with Gasteiger partial charge in [0.2, 0.25) is 0 Å². The van der Waals surface area contributed by atoms with Crippen molar-refractivity contribution < 1.29 is 14.8 Å². The Morgan fingerprint density at radius 2 is 2.29 bits per heavy atom. The maximum Gasteiger partial charge on any atom is 0.144 e. The summed E-state index contributed by atoms with van der Waals surface area (Å²) in [5.41, 5.74) is -0.0155. The van der Waals surface area contributed by atoms with Crippen molar-refractivity contribution in [3.05, 3.63) is 22.8 Å². The van der Waals surface area contributed by atoms with Gasteiger partial charge < -0.3 is 20.1 Å². The Hall–Kier alpha value is -1.33. The van der Waals surface area contributed by atoms with Crippen LogP contribution in [0.2, 0.25) is 5.02 Å². The van der Waals surface area contributed by atoms with Crippen LogP contribution in [-0.2, 0) is 0 Å². The highest BCUT2D eigenvalue weighted by Crippen LogP contribution is 2.19. The molecule has 0 bridgehead atoms. The predicted molar refractivity (Wildman–Crippen MR) is 64.4 cm³/mol. The number of anilines is 1. The molecular formula is C11H16ClN3O2. The number of hydrogen-bond acceptors (Lipinski definition) is 4. The van der Waals surface area contributed by atoms with E-state index >= 15 is 0 Å². The zero-order valence-electron chi connectivity index (χ0n) is 9.92. The van der Waals surface area contributed by atoms with Gasteiger partial charge in [-0.15, -0.1) is 0 Å². The van der Waals surface area contributed by atoms with Gasteiger partial charge in [-0.2, -0.15) is 0 Å². The third-order valence-electron chi connectivity index (χ3n) is 2.22. The minimum atomic E-state index is -1.28. The molecule has 0 amide bonds. The molecule has 1 rings (SSSR count). The second kappa shape index (κ2) is 6.42. The van der Waals surface area contributed by atoms with Gasteiger partial charge >= 0.3 is 0 Å². The number of halogens is 1. The highest BCUT2D eigenvalue weighted by Gasteiger charge is 2.04. The highest BCUT2D eigenvalue weighted by molar-refractivity contribution is 6.33. The Morgan fingerprint density at radius 3 is 2.82 bits per heavy atom. The molecule has 0 aromatic carbocycles. The molecule has 17 heavy (non-hydrogen) atoms. The first-order chi connectivity index (χ1) is 8.00. The first-order valence-corrected chi connectivity index (χ1v) is 5.78. The summed E-state index contributed by atoms with van der Waals surface area (Å²) >= 11 is 5.89. The molecule has 1 aromatic rings. The van der Waals surface area contributed by atoms with Crippen LogP contribution in [0.3, 0.4) is 0 Å². The Bertz CT molecular complexity index is 396. The summed E-state index contributed by atoms with van der Waals surface area (Å²) in [5.74, 6) is -0.771. The fourth-order valence-corrected chi connectivity index (χ4v) is 1.56. The van der Waals surface area contributed by atoms with Gasteiger partial charge in [0.15, 0.2) is 0 Å². The molecule has 0 aliphatic rings. The van der Waals surface area contributed by atoms with Crippen molar-refractivity contribution in [2.24, 2.45) is 0 Å². The second-order valence-electron chi connectivity index (χ2n) is 4.08. The van der Waals surface area contributed by atoms with Crippen LogP contribution < -0.4 is 15.3 Å². The molecule has 0 saturated heterocycles. The Labute approximate surface area is 105 Å². The van der Waals surface area contributed by atoms with Crippen LogP contribution >= 0.6 is 11.6 Å². The van der Waals surface area contributed by atoms with E-state index in [1.807, 2.05) is 0 Å². The zero-order chi connectivity index (χ0) is 12.8. The van der Waals surface area contributed by atoms with E-state index in [1.165, 1.54) is 17.2 Å². The molecule has 0 saturated carbocycles. The molecule has 1 heterocycles. The van der Waals surface area contributed by atoms with Gasteiger partial charge in [-0.25, -0.2) is 4.98 Å². The van der Waals surface area contributed by atoms with E-state index in [-0.39, 0.29) is 5.56 Å². The highest BCUT2D eigenvalue weighted by atomic mass is 35.5. The van der Waals surface area contributed by atoms with Gasteiger partial charge in [0.1, 0.15) is 5.82 Å². The monoisotopic (exact) mass is 257 g/mol. The van der Waals surface area contributed by atoms with Crippen molar-refractivity contribution in [1.82, 2.24) is 4.98 Å². The quantitative estimate of drug-likeness (QED) is 0.645. The summed E-state index contributed by atoms with van der Waals surface area (Å²) in [6.07, 6.45) is 2.23. The summed E-state index contributed by atoms with van der Waals surface area (Å²) < 4.78 is 0. The molecule has 0 fully saturated rings. The summed E-state index contributed by atoms with van der Waals surface area (Å²) in [6, 6.07) is 1.34. The number of aromatic nitrogens is 1. The number of rotatable bonds is 6. The van der Waals surface area contributed by atoms with E-state index in [9.17, 15) is 9.90 Å². The maximum atomic E-state index is 10.6. The van der Waals surface area contributed by atoms with Crippen LogP contribution in [0.15, 0.2) is 12.3 Å². The van der Waals surface area contributed by atoms with Crippen molar-refractivity contribution in [3.63, 3.8) is 0 Å². The van der Waals surface area contributed by atoms with Crippen molar-refractivity contribution in [2.75, 3.05) is 32.5 Å². The number of carboxylic acids is 1. The Kier molecular flexibility index (Phi) is 5.18. The lowest BCUT2D eigenvalue weighted by Gasteiger charge is -2.10. The largest absolute Gasteiger partial charge is 0.545 e. The minimum absolute atomic E-state index is 0.0155. The lowest BCUT2D eigenvalue weighted by Crippen LogP contribution is -3.05. The minimum Gasteiger partial charge on any atom is -0.545 e. The molecule has 0 radical (unpaired) electrons. The maximum absolute atomic E-state index is 10.6. The molecule has 0 atom stereocenters. The van der Waals surface area contributed by atoms with Gasteiger partial charge in [0.05, 0.1) is 31.6 Å². The number of carbonyl (C=O) groups is 1. The normalized spacial score (nSPS) is 10.6. The van der Waals surface area contributed by atoms with Crippen LogP contribution in [0.4, 0.5) is 5.82 Å². The first-order valence-electron chi connectivity index (χ1n) is 5.40. The number of nitrogens with zero attached hydrogens (tertiary/aromatic N) is 1. The number of aromatic carboxylic acids is 1. The van der Waals surface area contributed by atoms with E-state index in [2.05, 4.69) is 24.4 Å². The van der Waals surface area contributed by atoms with Crippen molar-refractivity contribution in [2.45, 2.75) is 6.42 Å². The van der Waals surface area contributed by atoms with E-state index < -0.39 is 5.97 Å². The molecular weight excluding hydrogens is 242 g/mol. The van der Waals surface area contributed by atoms with Crippen molar-refractivity contribution >= 4 is 23.4 Å². The van der Waals surface area contributed by atoms with E-state index in [0.717, 1.165) is 19.5 Å². The molecule has 2 N–H and O–H groups in total. The predicted octanol–water partition coefficient (Wildman–Crippen LogP) is -0.955. The fraction of sp³-hybridized carbons (Fsp3) is 0.455. The third kappa shape index (κ3) is 4.58. The average molecular weight is 258 g/mol. The van der Waals surface area contributed by atoms with E-state index in [4.69, 9.17) is 11.6 Å². The molecule has 0 aliphatic heterocycles. The second-order valence-corrected chi connectivity index (χ2v) is 4.49. The van der Waals surface area contributed by atoms with Gasteiger partial charge in [-0.3, -0.25) is 0 Å². The Morgan fingerprint density at radius 1 is 1.59 bits per heavy atom. The average Bonchev–Trinajstić information content (AvgIpc) is 2.25. The fourth-order valence-electron chi connectivity index (χ4n) is 1.33. The van der Waals surface area contributed by atoms with Crippen molar-refractivity contribution in [1.29, 1.82) is 0 Å². The van der Waals surface area contributed by atoms with Gasteiger partial charge in [0.25, 0.3) is 0 Å². The summed E-state index contributed by atoms with van der Waals surface area (Å²) in [7, 11) is 4.17. The standard InChI is InChI=1S/C11H16ClN3O2/c1-15(2)5-3-4-13-10-9(12)6-8(7-14-10)11(16)17/h6-7H,3-5H2,1-2H3,(H,13,14)(H,16,17). The van der Waals surface area contributed by atoms with Crippen LogP contribution in [0.1, 0.15) is 16.8 Å². The Balaban J connectivity index is 2.52. The molecule has 94 valence electrons. The summed E-state index contributed by atoms with van der Waals surface area (Å²) in [5, 5.41) is 13.9. The van der Waals surface area contributed by atoms with Gasteiger partial charge in [-0.1, -0.05) is 11.6 Å². The van der Waals surface area contributed by atoms with Gasteiger partial charge in [-0.05, 0) is 6.07 Å². The first kappa shape index (κ1) is 13.7. The molecule has 1 aromatic heterocycles. The molecule has 6 heteroatoms. The number of carbonyl (C=O) groups excluding carboxylic acids is 1. The molecule has 0 spiro atoms. The number of carboxylic acid groups (broad SMARTS) is 1. The zero-order valence-corrected chi connectivity index (χ0v) is 10.7. The SMILES string of the molecule is C[NH+](C)CCCNc1ncc(C(=O)[O-])cc1Cl. The van der Waals surface area contributed by atoms with E-state index in [1.54, 1.807) is 0 Å². The number of nitrogens with one attached hydrogen (secondary N) is 2.